The van der Waals surface area contributed by atoms with E-state index in [0.29, 0.717) is 6.04 Å². The second kappa shape index (κ2) is 5.51. The first-order valence-electron chi connectivity index (χ1n) is 2.78. The van der Waals surface area contributed by atoms with E-state index < -0.39 is 0 Å². The van der Waals surface area contributed by atoms with Crippen molar-refractivity contribution in [1.82, 2.24) is 0 Å². The summed E-state index contributed by atoms with van der Waals surface area (Å²) in [6.45, 7) is 1.97. The molecular formula is C5H11N2Rb. The van der Waals surface area contributed by atoms with Crippen LogP contribution in [0.4, 0.5) is 0 Å². The minimum atomic E-state index is 0. The number of rotatable bonds is 0. The van der Waals surface area contributed by atoms with Crippen LogP contribution in [0.15, 0.2) is 0 Å². The second-order valence-corrected chi connectivity index (χ2v) is 2.01. The van der Waals surface area contributed by atoms with E-state index >= 15 is 0 Å². The molecule has 1 fully saturated rings. The summed E-state index contributed by atoms with van der Waals surface area (Å²) in [5.41, 5.74) is 5.57. The summed E-state index contributed by atoms with van der Waals surface area (Å²) in [6.07, 6.45) is 2.19. The van der Waals surface area contributed by atoms with Crippen LogP contribution in [0.2, 0.25) is 0 Å². The molecule has 1 rings (SSSR count). The van der Waals surface area contributed by atoms with E-state index in [1.165, 1.54) is 0 Å². The molecule has 0 aromatic heterocycles. The first-order valence-corrected chi connectivity index (χ1v) is 2.78. The van der Waals surface area contributed by atoms with Crippen LogP contribution < -0.4 is 63.9 Å². The standard InChI is InChI=1S/C5H11N2.Rb/c6-5-1-3-7-4-2-5;/h5H,1-4,6H2;/q-1;+1. The van der Waals surface area contributed by atoms with Gasteiger partial charge in [0.1, 0.15) is 0 Å². The van der Waals surface area contributed by atoms with E-state index in [0.717, 1.165) is 25.9 Å². The quantitative estimate of drug-likeness (QED) is 0.444. The van der Waals surface area contributed by atoms with Crippen LogP contribution in [0.5, 0.6) is 0 Å². The zero-order valence-corrected chi connectivity index (χ0v) is 10.3. The minimum absolute atomic E-state index is 0. The van der Waals surface area contributed by atoms with Gasteiger partial charge in [0.25, 0.3) is 0 Å². The van der Waals surface area contributed by atoms with Crippen LogP contribution in [0.3, 0.4) is 0 Å². The van der Waals surface area contributed by atoms with Gasteiger partial charge in [-0.25, -0.2) is 0 Å². The molecule has 0 aromatic rings. The monoisotopic (exact) mass is 184 g/mol. The first kappa shape index (κ1) is 9.73. The van der Waals surface area contributed by atoms with Gasteiger partial charge in [0, 0.05) is 6.04 Å². The Morgan fingerprint density at radius 2 is 1.75 bits per heavy atom. The third-order valence-electron chi connectivity index (χ3n) is 1.32. The maximum atomic E-state index is 5.57. The van der Waals surface area contributed by atoms with Gasteiger partial charge in [-0.1, -0.05) is 12.8 Å². The number of hydrogen-bond acceptors (Lipinski definition) is 1. The van der Waals surface area contributed by atoms with Crippen LogP contribution in [-0.4, -0.2) is 19.1 Å². The van der Waals surface area contributed by atoms with Crippen LogP contribution in [0, 0.1) is 0 Å². The van der Waals surface area contributed by atoms with Gasteiger partial charge in [-0.15, -0.1) is 13.1 Å². The van der Waals surface area contributed by atoms with Crippen molar-refractivity contribution < 1.29 is 58.2 Å². The Bertz CT molecular complexity index is 52.4. The molecule has 0 unspecified atom stereocenters. The van der Waals surface area contributed by atoms with Crippen LogP contribution in [-0.2, 0) is 0 Å². The predicted octanol–water partition coefficient (Wildman–Crippen LogP) is -2.51. The molecule has 0 amide bonds. The van der Waals surface area contributed by atoms with Crippen molar-refractivity contribution in [1.29, 1.82) is 0 Å². The van der Waals surface area contributed by atoms with E-state index in [-0.39, 0.29) is 58.2 Å². The van der Waals surface area contributed by atoms with Crippen molar-refractivity contribution in [3.8, 4) is 0 Å². The molecule has 0 aromatic carbocycles. The van der Waals surface area contributed by atoms with Gasteiger partial charge in [0.15, 0.2) is 0 Å². The van der Waals surface area contributed by atoms with Gasteiger partial charge in [-0.05, 0) is 0 Å². The molecule has 3 heteroatoms. The molecule has 0 bridgehead atoms. The summed E-state index contributed by atoms with van der Waals surface area (Å²) >= 11 is 0. The fraction of sp³-hybridized carbons (Fsp3) is 1.00. The fourth-order valence-electron chi connectivity index (χ4n) is 0.770. The van der Waals surface area contributed by atoms with Crippen molar-refractivity contribution in [3.05, 3.63) is 5.32 Å². The molecule has 42 valence electrons. The molecule has 0 atom stereocenters. The number of piperidine rings is 1. The van der Waals surface area contributed by atoms with Crippen LogP contribution in [0.1, 0.15) is 12.8 Å². The van der Waals surface area contributed by atoms with E-state index in [9.17, 15) is 0 Å². The van der Waals surface area contributed by atoms with Crippen molar-refractivity contribution >= 4 is 0 Å². The Morgan fingerprint density at radius 1 is 1.25 bits per heavy atom. The summed E-state index contributed by atoms with van der Waals surface area (Å²) in [6, 6.07) is 0.442. The molecule has 2 nitrogen and oxygen atoms in total. The Morgan fingerprint density at radius 3 is 2.00 bits per heavy atom. The third kappa shape index (κ3) is 3.69. The Labute approximate surface area is 99.4 Å². The summed E-state index contributed by atoms with van der Waals surface area (Å²) in [5.74, 6) is 0. The third-order valence-corrected chi connectivity index (χ3v) is 1.32. The molecule has 1 aliphatic heterocycles. The van der Waals surface area contributed by atoms with E-state index in [1.54, 1.807) is 0 Å². The Kier molecular flexibility index (Phi) is 6.69. The topological polar surface area (TPSA) is 40.1 Å². The predicted molar refractivity (Wildman–Crippen MR) is 30.3 cm³/mol. The number of nitrogens with zero attached hydrogens (tertiary/aromatic N) is 1. The van der Waals surface area contributed by atoms with Crippen molar-refractivity contribution in [3.63, 3.8) is 0 Å². The van der Waals surface area contributed by atoms with E-state index in [4.69, 9.17) is 5.73 Å². The van der Waals surface area contributed by atoms with Crippen LogP contribution >= 0.6 is 0 Å². The number of nitrogens with two attached hydrogens (primary N) is 1. The normalized spacial score (nSPS) is 22.1. The molecule has 0 spiro atoms. The van der Waals surface area contributed by atoms with E-state index in [2.05, 4.69) is 5.32 Å². The summed E-state index contributed by atoms with van der Waals surface area (Å²) in [5, 5.41) is 4.15. The van der Waals surface area contributed by atoms with Crippen molar-refractivity contribution in [2.75, 3.05) is 13.1 Å². The van der Waals surface area contributed by atoms with Crippen LogP contribution in [0.25, 0.3) is 5.32 Å². The molecule has 2 N–H and O–H groups in total. The Balaban J connectivity index is 0.000000490. The molecule has 0 radical (unpaired) electrons. The molecule has 1 saturated heterocycles. The summed E-state index contributed by atoms with van der Waals surface area (Å²) in [4.78, 5) is 0. The van der Waals surface area contributed by atoms with Gasteiger partial charge in [-0.2, -0.15) is 0 Å². The van der Waals surface area contributed by atoms with Gasteiger partial charge in [0.05, 0.1) is 0 Å². The second-order valence-electron chi connectivity index (χ2n) is 2.01. The zero-order chi connectivity index (χ0) is 5.11. The molecule has 0 saturated carbocycles. The SMILES string of the molecule is NC1CC[N-]CC1.[Rb+]. The van der Waals surface area contributed by atoms with E-state index in [1.807, 2.05) is 0 Å². The minimum Gasteiger partial charge on any atom is -0.662 e. The van der Waals surface area contributed by atoms with Gasteiger partial charge >= 0.3 is 58.2 Å². The average Bonchev–Trinajstić information content (AvgIpc) is 1.69. The van der Waals surface area contributed by atoms with Crippen molar-refractivity contribution in [2.45, 2.75) is 18.9 Å². The maximum absolute atomic E-state index is 5.57. The first-order chi connectivity index (χ1) is 3.39. The molecule has 8 heavy (non-hydrogen) atoms. The molecular weight excluding hydrogens is 174 g/mol. The summed E-state index contributed by atoms with van der Waals surface area (Å²) < 4.78 is 0. The number of hydrogen-bond donors (Lipinski definition) is 1. The molecule has 0 aliphatic carbocycles. The largest absolute Gasteiger partial charge is 1.00 e. The zero-order valence-electron chi connectivity index (χ0n) is 5.43. The summed E-state index contributed by atoms with van der Waals surface area (Å²) in [7, 11) is 0. The van der Waals surface area contributed by atoms with Gasteiger partial charge in [-0.3, -0.25) is 0 Å². The Hall–Kier alpha value is 1.73. The average molecular weight is 185 g/mol. The van der Waals surface area contributed by atoms with Gasteiger partial charge in [0.2, 0.25) is 0 Å². The molecule has 1 heterocycles. The fourth-order valence-corrected chi connectivity index (χ4v) is 0.770. The maximum Gasteiger partial charge on any atom is 1.00 e. The van der Waals surface area contributed by atoms with Gasteiger partial charge < -0.3 is 11.1 Å². The van der Waals surface area contributed by atoms with Crippen molar-refractivity contribution in [2.24, 2.45) is 5.73 Å². The smallest absolute Gasteiger partial charge is 0.662 e. The molecule has 1 aliphatic rings.